The first-order chi connectivity index (χ1) is 13.7. The van der Waals surface area contributed by atoms with Crippen molar-refractivity contribution in [2.24, 2.45) is 0 Å². The summed E-state index contributed by atoms with van der Waals surface area (Å²) in [6.07, 6.45) is 1.06. The lowest BCUT2D eigenvalue weighted by molar-refractivity contribution is -0.121. The largest absolute Gasteiger partial charge is 0.497 e. The number of benzene rings is 2. The summed E-state index contributed by atoms with van der Waals surface area (Å²) in [5, 5.41) is 2.74. The molecule has 6 nitrogen and oxygen atoms in total. The summed E-state index contributed by atoms with van der Waals surface area (Å²) in [7, 11) is -2.16. The van der Waals surface area contributed by atoms with E-state index in [1.807, 2.05) is 0 Å². The first kappa shape index (κ1) is 23.0. The number of carbonyl (C=O) groups is 1. The quantitative estimate of drug-likeness (QED) is 0.575. The first-order valence-corrected chi connectivity index (χ1v) is 12.0. The molecule has 1 atom stereocenters. The Morgan fingerprint density at radius 1 is 1.21 bits per heavy atom. The molecule has 1 amide bonds. The number of methoxy groups -OCH3 is 1. The molecule has 158 valence electrons. The molecular formula is C20H25FN2O4S2. The van der Waals surface area contributed by atoms with Gasteiger partial charge in [-0.25, -0.2) is 12.8 Å². The molecule has 29 heavy (non-hydrogen) atoms. The van der Waals surface area contributed by atoms with E-state index < -0.39 is 22.0 Å². The number of nitrogens with one attached hydrogen (secondary N) is 1. The van der Waals surface area contributed by atoms with E-state index >= 15 is 0 Å². The molecule has 0 bridgehead atoms. The van der Waals surface area contributed by atoms with E-state index in [1.54, 1.807) is 42.5 Å². The van der Waals surface area contributed by atoms with Crippen molar-refractivity contribution in [3.8, 4) is 5.75 Å². The number of rotatable bonds is 10. The molecule has 1 unspecified atom stereocenters. The van der Waals surface area contributed by atoms with Gasteiger partial charge in [0, 0.05) is 18.1 Å². The highest BCUT2D eigenvalue weighted by Gasteiger charge is 2.28. The number of amides is 1. The molecule has 2 aromatic rings. The van der Waals surface area contributed by atoms with E-state index in [9.17, 15) is 17.6 Å². The van der Waals surface area contributed by atoms with Crippen LogP contribution in [0.3, 0.4) is 0 Å². The number of halogens is 1. The van der Waals surface area contributed by atoms with Gasteiger partial charge < -0.3 is 10.1 Å². The number of nitrogens with zero attached hydrogens (tertiary/aromatic N) is 1. The number of carbonyl (C=O) groups excluding carboxylic acids is 1. The molecule has 0 aliphatic heterocycles. The van der Waals surface area contributed by atoms with Gasteiger partial charge in [-0.3, -0.25) is 9.10 Å². The van der Waals surface area contributed by atoms with Crippen molar-refractivity contribution in [1.82, 2.24) is 5.32 Å². The van der Waals surface area contributed by atoms with Crippen LogP contribution in [0.15, 0.2) is 48.5 Å². The van der Waals surface area contributed by atoms with Gasteiger partial charge in [-0.1, -0.05) is 18.2 Å². The number of thioether (sulfide) groups is 1. The molecule has 0 radical (unpaired) electrons. The fourth-order valence-corrected chi connectivity index (χ4v) is 4.75. The molecule has 9 heteroatoms. The van der Waals surface area contributed by atoms with Crippen LogP contribution in [0.25, 0.3) is 0 Å². The van der Waals surface area contributed by atoms with Gasteiger partial charge >= 0.3 is 0 Å². The molecule has 0 spiro atoms. The van der Waals surface area contributed by atoms with Crippen molar-refractivity contribution in [1.29, 1.82) is 0 Å². The smallest absolute Gasteiger partial charge is 0.243 e. The average Bonchev–Trinajstić information content (AvgIpc) is 2.68. The maximum atomic E-state index is 13.6. The summed E-state index contributed by atoms with van der Waals surface area (Å²) in [6, 6.07) is 12.1. The summed E-state index contributed by atoms with van der Waals surface area (Å²) in [6.45, 7) is 1.88. The van der Waals surface area contributed by atoms with Crippen molar-refractivity contribution in [3.05, 3.63) is 59.9 Å². The summed E-state index contributed by atoms with van der Waals surface area (Å²) in [5.74, 6) is 1.01. The third-order valence-corrected chi connectivity index (χ3v) is 6.43. The minimum absolute atomic E-state index is 0.249. The molecule has 0 aliphatic carbocycles. The van der Waals surface area contributed by atoms with E-state index in [4.69, 9.17) is 4.74 Å². The van der Waals surface area contributed by atoms with Crippen molar-refractivity contribution in [3.63, 3.8) is 0 Å². The van der Waals surface area contributed by atoms with E-state index in [-0.39, 0.29) is 5.82 Å². The summed E-state index contributed by atoms with van der Waals surface area (Å²) >= 11 is 1.49. The maximum absolute atomic E-state index is 13.6. The molecular weight excluding hydrogens is 415 g/mol. The second-order valence-corrected chi connectivity index (χ2v) is 9.33. The molecule has 0 fully saturated rings. The lowest BCUT2D eigenvalue weighted by Gasteiger charge is -2.28. The molecule has 0 aliphatic rings. The van der Waals surface area contributed by atoms with E-state index in [2.05, 4.69) is 5.32 Å². The Hall–Kier alpha value is -2.26. The molecule has 1 N–H and O–H groups in total. The molecule has 0 heterocycles. The Balaban J connectivity index is 1.92. The highest BCUT2D eigenvalue weighted by molar-refractivity contribution is 7.98. The minimum atomic E-state index is -3.67. The van der Waals surface area contributed by atoms with Gasteiger partial charge in [0.15, 0.2) is 0 Å². The van der Waals surface area contributed by atoms with E-state index in [0.29, 0.717) is 35.1 Å². The molecule has 0 saturated heterocycles. The normalized spacial score (nSPS) is 12.3. The topological polar surface area (TPSA) is 75.7 Å². The van der Waals surface area contributed by atoms with Crippen LogP contribution in [0.1, 0.15) is 12.5 Å². The zero-order valence-electron chi connectivity index (χ0n) is 16.6. The van der Waals surface area contributed by atoms with Crippen LogP contribution in [0.4, 0.5) is 10.1 Å². The zero-order valence-corrected chi connectivity index (χ0v) is 18.2. The Kier molecular flexibility index (Phi) is 8.33. The van der Waals surface area contributed by atoms with Gasteiger partial charge in [0.1, 0.15) is 17.6 Å². The Labute approximate surface area is 175 Å². The fraction of sp³-hybridized carbons (Fsp3) is 0.350. The second-order valence-electron chi connectivity index (χ2n) is 6.37. The van der Waals surface area contributed by atoms with Gasteiger partial charge in [-0.15, -0.1) is 0 Å². The number of hydrogen-bond acceptors (Lipinski definition) is 5. The van der Waals surface area contributed by atoms with Crippen LogP contribution in [-0.4, -0.2) is 46.0 Å². The summed E-state index contributed by atoms with van der Waals surface area (Å²) in [5.41, 5.74) is 0.991. The van der Waals surface area contributed by atoms with Crippen LogP contribution in [0.2, 0.25) is 0 Å². The average molecular weight is 441 g/mol. The molecule has 0 aromatic heterocycles. The van der Waals surface area contributed by atoms with Crippen molar-refractivity contribution >= 4 is 33.4 Å². The Morgan fingerprint density at radius 2 is 1.86 bits per heavy atom. The number of ether oxygens (including phenoxy) is 1. The first-order valence-electron chi connectivity index (χ1n) is 8.96. The van der Waals surface area contributed by atoms with Gasteiger partial charge in [-0.05, 0) is 42.8 Å². The van der Waals surface area contributed by atoms with Gasteiger partial charge in [0.05, 0.1) is 19.1 Å². The minimum Gasteiger partial charge on any atom is -0.497 e. The second kappa shape index (κ2) is 10.5. The van der Waals surface area contributed by atoms with Gasteiger partial charge in [0.25, 0.3) is 0 Å². The Morgan fingerprint density at radius 3 is 2.45 bits per heavy atom. The van der Waals surface area contributed by atoms with Crippen molar-refractivity contribution in [2.45, 2.75) is 18.7 Å². The van der Waals surface area contributed by atoms with Gasteiger partial charge in [-0.2, -0.15) is 11.8 Å². The summed E-state index contributed by atoms with van der Waals surface area (Å²) in [4.78, 5) is 12.5. The predicted molar refractivity (Wildman–Crippen MR) is 115 cm³/mol. The standard InChI is InChI=1S/C20H25FN2O4S2/c1-15(23(29(3,25)26)17-8-10-18(27-2)11-9-17)20(24)22-12-13-28-14-16-6-4-5-7-19(16)21/h4-11,15H,12-14H2,1-3H3,(H,22,24). The lowest BCUT2D eigenvalue weighted by atomic mass is 10.2. The van der Waals surface area contributed by atoms with Crippen LogP contribution >= 0.6 is 11.8 Å². The van der Waals surface area contributed by atoms with Crippen molar-refractivity contribution < 1.29 is 22.3 Å². The van der Waals surface area contributed by atoms with Gasteiger partial charge in [0.2, 0.25) is 15.9 Å². The Bertz CT molecular complexity index is 920. The highest BCUT2D eigenvalue weighted by Crippen LogP contribution is 2.24. The number of sulfonamides is 1. The highest BCUT2D eigenvalue weighted by atomic mass is 32.2. The van der Waals surface area contributed by atoms with Crippen molar-refractivity contribution in [2.75, 3.05) is 30.0 Å². The maximum Gasteiger partial charge on any atom is 0.243 e. The fourth-order valence-electron chi connectivity index (χ4n) is 2.73. The SMILES string of the molecule is COc1ccc(N(C(C)C(=O)NCCSCc2ccccc2F)S(C)(=O)=O)cc1. The third-order valence-electron chi connectivity index (χ3n) is 4.18. The molecule has 2 aromatic carbocycles. The van der Waals surface area contributed by atoms with E-state index in [0.717, 1.165) is 10.6 Å². The molecule has 0 saturated carbocycles. The van der Waals surface area contributed by atoms with Crippen LogP contribution in [0, 0.1) is 5.82 Å². The molecule has 2 rings (SSSR count). The number of anilines is 1. The summed E-state index contributed by atoms with van der Waals surface area (Å²) < 4.78 is 44.3. The van der Waals surface area contributed by atoms with E-state index in [1.165, 1.54) is 31.9 Å². The lowest BCUT2D eigenvalue weighted by Crippen LogP contribution is -2.48. The number of hydrogen-bond donors (Lipinski definition) is 1. The van der Waals surface area contributed by atoms with Crippen LogP contribution in [0.5, 0.6) is 5.75 Å². The third kappa shape index (κ3) is 6.64. The van der Waals surface area contributed by atoms with Crippen LogP contribution < -0.4 is 14.4 Å². The predicted octanol–water partition coefficient (Wildman–Crippen LogP) is 3.04. The monoisotopic (exact) mass is 440 g/mol. The zero-order chi connectivity index (χ0) is 21.4. The van der Waals surface area contributed by atoms with Crippen LogP contribution in [-0.2, 0) is 20.6 Å².